The normalized spacial score (nSPS) is 17.0. The number of hydrogen-bond acceptors (Lipinski definition) is 5. The zero-order chi connectivity index (χ0) is 22.7. The van der Waals surface area contributed by atoms with Gasteiger partial charge in [-0.15, -0.1) is 0 Å². The molecule has 2 amide bonds. The van der Waals surface area contributed by atoms with Crippen LogP contribution in [-0.2, 0) is 20.7 Å². The molecule has 4 rings (SSSR count). The van der Waals surface area contributed by atoms with E-state index in [4.69, 9.17) is 16.3 Å². The van der Waals surface area contributed by atoms with E-state index in [0.29, 0.717) is 13.2 Å². The Balaban J connectivity index is 1.44. The van der Waals surface area contributed by atoms with E-state index < -0.39 is 17.6 Å². The highest BCUT2D eigenvalue weighted by Gasteiger charge is 2.26. The van der Waals surface area contributed by atoms with E-state index in [0.717, 1.165) is 37.7 Å². The van der Waals surface area contributed by atoms with Crippen LogP contribution in [0.2, 0.25) is 5.02 Å². The Hall–Kier alpha value is -2.68. The van der Waals surface area contributed by atoms with Gasteiger partial charge in [-0.25, -0.2) is 4.39 Å². The minimum atomic E-state index is -0.830. The monoisotopic (exact) mass is 460 g/mol. The van der Waals surface area contributed by atoms with Crippen molar-refractivity contribution in [1.82, 2.24) is 10.2 Å². The molecule has 0 unspecified atom stereocenters. The summed E-state index contributed by atoms with van der Waals surface area (Å²) >= 11 is 5.74. The molecule has 2 aromatic rings. The molecule has 0 aromatic heterocycles. The Kier molecular flexibility index (Phi) is 6.93. The predicted octanol–water partition coefficient (Wildman–Crippen LogP) is 2.60. The third-order valence-corrected chi connectivity index (χ3v) is 6.23. The standard InChI is InChI=1S/C23H26ClFN4O3/c1-28-7-6-16-12-15(2-5-20(16)28)21(29-8-10-32-11-9-29)14-26-22(30)23(31)27-17-3-4-19(25)18(24)13-17/h2-5,12-13,21H,6-11,14H2,1H3,(H,26,30)(H,27,31)/t21-/m0/s1. The molecule has 9 heteroatoms. The lowest BCUT2D eigenvalue weighted by molar-refractivity contribution is -0.136. The van der Waals surface area contributed by atoms with E-state index in [-0.39, 0.29) is 23.3 Å². The third kappa shape index (κ3) is 5.03. The van der Waals surface area contributed by atoms with Crippen molar-refractivity contribution in [2.45, 2.75) is 12.5 Å². The van der Waals surface area contributed by atoms with Crippen molar-refractivity contribution in [3.63, 3.8) is 0 Å². The number of nitrogens with zero attached hydrogens (tertiary/aromatic N) is 2. The Morgan fingerprint density at radius 2 is 1.91 bits per heavy atom. The minimum absolute atomic E-state index is 0.0767. The van der Waals surface area contributed by atoms with Crippen LogP contribution < -0.4 is 15.5 Å². The largest absolute Gasteiger partial charge is 0.379 e. The first kappa shape index (κ1) is 22.5. The van der Waals surface area contributed by atoms with Crippen LogP contribution in [0.1, 0.15) is 17.2 Å². The number of carbonyl (C=O) groups is 2. The summed E-state index contributed by atoms with van der Waals surface area (Å²) in [6.07, 6.45) is 0.991. The Bertz CT molecular complexity index is 1010. The average molecular weight is 461 g/mol. The van der Waals surface area contributed by atoms with E-state index in [1.54, 1.807) is 0 Å². The molecule has 2 aliphatic heterocycles. The summed E-state index contributed by atoms with van der Waals surface area (Å²) in [4.78, 5) is 29.3. The van der Waals surface area contributed by atoms with Crippen LogP contribution in [0.4, 0.5) is 15.8 Å². The SMILES string of the molecule is CN1CCc2cc([C@H](CNC(=O)C(=O)Nc3ccc(F)c(Cl)c3)N3CCOCC3)ccc21. The number of anilines is 2. The molecular weight excluding hydrogens is 435 g/mol. The van der Waals surface area contributed by atoms with Crippen LogP contribution in [-0.4, -0.2) is 63.2 Å². The Labute approximate surface area is 191 Å². The maximum absolute atomic E-state index is 13.3. The number of amides is 2. The van der Waals surface area contributed by atoms with Gasteiger partial charge in [-0.3, -0.25) is 14.5 Å². The quantitative estimate of drug-likeness (QED) is 0.671. The first-order valence-corrected chi connectivity index (χ1v) is 11.0. The van der Waals surface area contributed by atoms with Gasteiger partial charge in [0.25, 0.3) is 0 Å². The maximum Gasteiger partial charge on any atom is 0.313 e. The number of morpholine rings is 1. The van der Waals surface area contributed by atoms with Crippen LogP contribution in [0.25, 0.3) is 0 Å². The number of carbonyl (C=O) groups excluding carboxylic acids is 2. The second-order valence-electron chi connectivity index (χ2n) is 8.02. The molecule has 1 fully saturated rings. The summed E-state index contributed by atoms with van der Waals surface area (Å²) in [5, 5.41) is 5.07. The summed E-state index contributed by atoms with van der Waals surface area (Å²) in [6.45, 7) is 4.03. The van der Waals surface area contributed by atoms with Gasteiger partial charge in [0.15, 0.2) is 0 Å². The summed E-state index contributed by atoms with van der Waals surface area (Å²) < 4.78 is 18.8. The van der Waals surface area contributed by atoms with Crippen LogP contribution in [0.3, 0.4) is 0 Å². The topological polar surface area (TPSA) is 73.9 Å². The van der Waals surface area contributed by atoms with Crippen LogP contribution in [0.15, 0.2) is 36.4 Å². The number of hydrogen-bond donors (Lipinski definition) is 2. The maximum atomic E-state index is 13.3. The molecule has 2 aliphatic rings. The van der Waals surface area contributed by atoms with Crippen molar-refractivity contribution in [3.8, 4) is 0 Å². The highest BCUT2D eigenvalue weighted by atomic mass is 35.5. The number of rotatable bonds is 5. The van der Waals surface area contributed by atoms with Crippen LogP contribution in [0, 0.1) is 5.82 Å². The molecule has 2 aromatic carbocycles. The molecule has 32 heavy (non-hydrogen) atoms. The van der Waals surface area contributed by atoms with E-state index in [2.05, 4.69) is 45.7 Å². The van der Waals surface area contributed by atoms with Gasteiger partial charge in [0, 0.05) is 44.6 Å². The molecular formula is C23H26ClFN4O3. The highest BCUT2D eigenvalue weighted by molar-refractivity contribution is 6.39. The number of benzene rings is 2. The first-order valence-electron chi connectivity index (χ1n) is 10.6. The third-order valence-electron chi connectivity index (χ3n) is 5.94. The van der Waals surface area contributed by atoms with E-state index in [1.165, 1.54) is 23.4 Å². The highest BCUT2D eigenvalue weighted by Crippen LogP contribution is 2.31. The molecule has 170 valence electrons. The fourth-order valence-corrected chi connectivity index (χ4v) is 4.35. The number of halogens is 2. The fraction of sp³-hybridized carbons (Fsp3) is 0.391. The molecule has 7 nitrogen and oxygen atoms in total. The van der Waals surface area contributed by atoms with Crippen LogP contribution in [0.5, 0.6) is 0 Å². The van der Waals surface area contributed by atoms with Crippen molar-refractivity contribution >= 4 is 34.8 Å². The summed E-state index contributed by atoms with van der Waals surface area (Å²) in [5.74, 6) is -2.18. The lowest BCUT2D eigenvalue weighted by Crippen LogP contribution is -2.45. The minimum Gasteiger partial charge on any atom is -0.379 e. The predicted molar refractivity (Wildman–Crippen MR) is 122 cm³/mol. The van der Waals surface area contributed by atoms with E-state index in [9.17, 15) is 14.0 Å². The second-order valence-corrected chi connectivity index (χ2v) is 8.42. The van der Waals surface area contributed by atoms with Crippen molar-refractivity contribution < 1.29 is 18.7 Å². The van der Waals surface area contributed by atoms with Gasteiger partial charge in [-0.2, -0.15) is 0 Å². The van der Waals surface area contributed by atoms with Crippen LogP contribution >= 0.6 is 11.6 Å². The molecule has 2 N–H and O–H groups in total. The lowest BCUT2D eigenvalue weighted by Gasteiger charge is -2.35. The van der Waals surface area contributed by atoms with E-state index in [1.807, 2.05) is 0 Å². The molecule has 0 aliphatic carbocycles. The van der Waals surface area contributed by atoms with Gasteiger partial charge in [0.05, 0.1) is 24.3 Å². The Morgan fingerprint density at radius 1 is 1.12 bits per heavy atom. The Morgan fingerprint density at radius 3 is 2.66 bits per heavy atom. The van der Waals surface area contributed by atoms with E-state index >= 15 is 0 Å². The average Bonchev–Trinajstić information content (AvgIpc) is 3.17. The van der Waals surface area contributed by atoms with Gasteiger partial charge in [0.2, 0.25) is 0 Å². The van der Waals surface area contributed by atoms with Crippen molar-refractivity contribution in [3.05, 3.63) is 58.4 Å². The number of fused-ring (bicyclic) bond motifs is 1. The molecule has 1 saturated heterocycles. The molecule has 0 spiro atoms. The molecule has 1 atom stereocenters. The fourth-order valence-electron chi connectivity index (χ4n) is 4.17. The molecule has 2 heterocycles. The number of nitrogens with one attached hydrogen (secondary N) is 2. The van der Waals surface area contributed by atoms with Crippen molar-refractivity contribution in [2.75, 3.05) is 56.7 Å². The van der Waals surface area contributed by atoms with Gasteiger partial charge >= 0.3 is 11.8 Å². The smallest absolute Gasteiger partial charge is 0.313 e. The summed E-state index contributed by atoms with van der Waals surface area (Å²) in [5.41, 5.74) is 3.88. The molecule has 0 bridgehead atoms. The number of ether oxygens (including phenoxy) is 1. The van der Waals surface area contributed by atoms with Gasteiger partial charge in [-0.1, -0.05) is 23.7 Å². The number of likely N-dealkylation sites (N-methyl/N-ethyl adjacent to an activating group) is 1. The van der Waals surface area contributed by atoms with Crippen molar-refractivity contribution in [2.24, 2.45) is 0 Å². The second kappa shape index (κ2) is 9.85. The lowest BCUT2D eigenvalue weighted by atomic mass is 10.0. The van der Waals surface area contributed by atoms with Gasteiger partial charge in [-0.05, 0) is 41.8 Å². The first-order chi connectivity index (χ1) is 15.4. The molecule has 0 radical (unpaired) electrons. The van der Waals surface area contributed by atoms with Gasteiger partial charge < -0.3 is 20.3 Å². The van der Waals surface area contributed by atoms with Crippen molar-refractivity contribution in [1.29, 1.82) is 0 Å². The molecule has 0 saturated carbocycles. The summed E-state index contributed by atoms with van der Waals surface area (Å²) in [7, 11) is 2.08. The zero-order valence-electron chi connectivity index (χ0n) is 17.9. The van der Waals surface area contributed by atoms with Gasteiger partial charge in [0.1, 0.15) is 5.82 Å². The zero-order valence-corrected chi connectivity index (χ0v) is 18.6. The summed E-state index contributed by atoms with van der Waals surface area (Å²) in [6, 6.07) is 10.1.